The third kappa shape index (κ3) is 4.68. The van der Waals surface area contributed by atoms with E-state index in [-0.39, 0.29) is 10.6 Å². The second kappa shape index (κ2) is 9.22. The van der Waals surface area contributed by atoms with Crippen LogP contribution < -0.4 is 9.80 Å². The predicted molar refractivity (Wildman–Crippen MR) is 125 cm³/mol. The molecule has 2 aliphatic rings. The molecule has 4 rings (SSSR count). The lowest BCUT2D eigenvalue weighted by Gasteiger charge is -2.37. The number of hydrogen-bond acceptors (Lipinski definition) is 7. The minimum absolute atomic E-state index is 0.0323. The molecule has 0 N–H and O–H groups in total. The molecule has 2 aromatic carbocycles. The zero-order chi connectivity index (χ0) is 22.9. The number of sulfonamides is 1. The van der Waals surface area contributed by atoms with Gasteiger partial charge in [0.15, 0.2) is 0 Å². The van der Waals surface area contributed by atoms with Crippen LogP contribution in [-0.4, -0.2) is 82.0 Å². The monoisotopic (exact) mass is 479 g/mol. The topological polar surface area (TPSA) is 90.2 Å². The number of likely N-dealkylation sites (N-methyl/N-ethyl adjacent to an activating group) is 1. The summed E-state index contributed by atoms with van der Waals surface area (Å²) in [5, 5.41) is 12.5. The third-order valence-corrected chi connectivity index (χ3v) is 8.17. The molecule has 9 nitrogen and oxygen atoms in total. The largest absolute Gasteiger partial charge is 0.368 e. The SMILES string of the molecule is CN1CCN(S(=O)(=O)c2ccc(N3CCN(c4cccc(Cl)c4)CC3)c([N+](=O)[O-])c2)CC1. The van der Waals surface area contributed by atoms with Gasteiger partial charge in [0.2, 0.25) is 10.0 Å². The molecule has 0 amide bonds. The quantitative estimate of drug-likeness (QED) is 0.480. The normalized spacial score (nSPS) is 18.7. The van der Waals surface area contributed by atoms with E-state index >= 15 is 0 Å². The van der Waals surface area contributed by atoms with Crippen molar-refractivity contribution >= 4 is 38.7 Å². The molecular weight excluding hydrogens is 454 g/mol. The molecule has 2 saturated heterocycles. The summed E-state index contributed by atoms with van der Waals surface area (Å²) in [6.45, 7) is 4.54. The Labute approximate surface area is 193 Å². The smallest absolute Gasteiger partial charge is 0.293 e. The van der Waals surface area contributed by atoms with Crippen molar-refractivity contribution in [2.45, 2.75) is 4.90 Å². The van der Waals surface area contributed by atoms with E-state index in [0.717, 1.165) is 5.69 Å². The number of piperazine rings is 2. The van der Waals surface area contributed by atoms with Gasteiger partial charge in [-0.15, -0.1) is 0 Å². The first-order chi connectivity index (χ1) is 15.3. The van der Waals surface area contributed by atoms with Crippen LogP contribution >= 0.6 is 11.6 Å². The van der Waals surface area contributed by atoms with Crippen molar-refractivity contribution in [3.05, 3.63) is 57.6 Å². The van der Waals surface area contributed by atoms with Crippen molar-refractivity contribution in [2.75, 3.05) is 69.2 Å². The Balaban J connectivity index is 1.53. The summed E-state index contributed by atoms with van der Waals surface area (Å²) in [5.41, 5.74) is 1.27. The summed E-state index contributed by atoms with van der Waals surface area (Å²) in [6, 6.07) is 11.9. The molecule has 0 atom stereocenters. The van der Waals surface area contributed by atoms with Crippen molar-refractivity contribution < 1.29 is 13.3 Å². The fourth-order valence-corrected chi connectivity index (χ4v) is 5.76. The predicted octanol–water partition coefficient (Wildman–Crippen LogP) is 2.51. The molecule has 172 valence electrons. The van der Waals surface area contributed by atoms with Crippen molar-refractivity contribution in [2.24, 2.45) is 0 Å². The van der Waals surface area contributed by atoms with Gasteiger partial charge in [-0.3, -0.25) is 10.1 Å². The average Bonchev–Trinajstić information content (AvgIpc) is 2.79. The van der Waals surface area contributed by atoms with Gasteiger partial charge in [-0.25, -0.2) is 8.42 Å². The van der Waals surface area contributed by atoms with E-state index < -0.39 is 14.9 Å². The minimum Gasteiger partial charge on any atom is -0.368 e. The van der Waals surface area contributed by atoms with Crippen molar-refractivity contribution in [1.29, 1.82) is 0 Å². The van der Waals surface area contributed by atoms with Gasteiger partial charge >= 0.3 is 0 Å². The summed E-state index contributed by atoms with van der Waals surface area (Å²) in [7, 11) is -1.83. The van der Waals surface area contributed by atoms with E-state index in [1.807, 2.05) is 36.2 Å². The van der Waals surface area contributed by atoms with Gasteiger partial charge in [-0.1, -0.05) is 17.7 Å². The molecule has 0 bridgehead atoms. The van der Waals surface area contributed by atoms with E-state index in [1.165, 1.54) is 16.4 Å². The maximum atomic E-state index is 13.0. The standard InChI is InChI=1S/C21H26ClN5O4S/c1-23-7-13-26(14-8-23)32(30,31)19-5-6-20(21(16-19)27(28)29)25-11-9-24(10-12-25)18-4-2-3-17(22)15-18/h2-6,15-16H,7-14H2,1H3. The molecular formula is C21H26ClN5O4S. The number of nitro benzene ring substituents is 1. The van der Waals surface area contributed by atoms with Gasteiger partial charge in [0.1, 0.15) is 5.69 Å². The molecule has 11 heteroatoms. The zero-order valence-electron chi connectivity index (χ0n) is 17.9. The van der Waals surface area contributed by atoms with E-state index in [4.69, 9.17) is 11.6 Å². The van der Waals surface area contributed by atoms with Crippen molar-refractivity contribution in [3.8, 4) is 0 Å². The number of nitrogens with zero attached hydrogens (tertiary/aromatic N) is 5. The molecule has 0 spiro atoms. The Morgan fingerprint density at radius 1 is 0.906 bits per heavy atom. The molecule has 32 heavy (non-hydrogen) atoms. The van der Waals surface area contributed by atoms with Gasteiger partial charge < -0.3 is 14.7 Å². The molecule has 0 aliphatic carbocycles. The van der Waals surface area contributed by atoms with Crippen molar-refractivity contribution in [1.82, 2.24) is 9.21 Å². The van der Waals surface area contributed by atoms with Crippen LogP contribution in [0.3, 0.4) is 0 Å². The number of hydrogen-bond donors (Lipinski definition) is 0. The molecule has 2 aromatic rings. The number of anilines is 2. The molecule has 2 heterocycles. The van der Waals surface area contributed by atoms with Crippen LogP contribution in [0.15, 0.2) is 47.4 Å². The van der Waals surface area contributed by atoms with Gasteiger partial charge in [-0.2, -0.15) is 4.31 Å². The summed E-state index contributed by atoms with van der Waals surface area (Å²) in [6.07, 6.45) is 0. The van der Waals surface area contributed by atoms with Crippen LogP contribution in [0.4, 0.5) is 17.1 Å². The molecule has 0 saturated carbocycles. The van der Waals surface area contributed by atoms with Crippen LogP contribution in [0.25, 0.3) is 0 Å². The van der Waals surface area contributed by atoms with Crippen LogP contribution in [0, 0.1) is 10.1 Å². The highest BCUT2D eigenvalue weighted by molar-refractivity contribution is 7.89. The number of nitro groups is 1. The Morgan fingerprint density at radius 2 is 1.56 bits per heavy atom. The van der Waals surface area contributed by atoms with E-state index in [0.29, 0.717) is 63.1 Å². The fraction of sp³-hybridized carbons (Fsp3) is 0.429. The first-order valence-corrected chi connectivity index (χ1v) is 12.3. The number of halogens is 1. The molecule has 2 fully saturated rings. The summed E-state index contributed by atoms with van der Waals surface area (Å²) >= 11 is 6.09. The maximum Gasteiger partial charge on any atom is 0.293 e. The van der Waals surface area contributed by atoms with E-state index in [9.17, 15) is 18.5 Å². The zero-order valence-corrected chi connectivity index (χ0v) is 19.4. The van der Waals surface area contributed by atoms with Gasteiger partial charge in [-0.05, 0) is 37.4 Å². The average molecular weight is 480 g/mol. The Kier molecular flexibility index (Phi) is 6.57. The second-order valence-corrected chi connectivity index (χ2v) is 10.4. The Morgan fingerprint density at radius 3 is 2.19 bits per heavy atom. The number of rotatable bonds is 5. The summed E-state index contributed by atoms with van der Waals surface area (Å²) in [4.78, 5) is 17.5. The van der Waals surface area contributed by atoms with E-state index in [1.54, 1.807) is 6.07 Å². The molecule has 0 radical (unpaired) electrons. The lowest BCUT2D eigenvalue weighted by atomic mass is 10.2. The van der Waals surface area contributed by atoms with Crippen molar-refractivity contribution in [3.63, 3.8) is 0 Å². The first kappa shape index (κ1) is 22.8. The molecule has 0 aromatic heterocycles. The lowest BCUT2D eigenvalue weighted by Crippen LogP contribution is -2.47. The summed E-state index contributed by atoms with van der Waals surface area (Å²) < 4.78 is 27.5. The van der Waals surface area contributed by atoms with Crippen LogP contribution in [0.5, 0.6) is 0 Å². The Bertz CT molecular complexity index is 1100. The highest BCUT2D eigenvalue weighted by atomic mass is 35.5. The van der Waals surface area contributed by atoms with Crippen LogP contribution in [0.1, 0.15) is 0 Å². The maximum absolute atomic E-state index is 13.0. The second-order valence-electron chi connectivity index (χ2n) is 8.07. The highest BCUT2D eigenvalue weighted by Crippen LogP contribution is 2.33. The van der Waals surface area contributed by atoms with Crippen LogP contribution in [-0.2, 0) is 10.0 Å². The molecule has 2 aliphatic heterocycles. The lowest BCUT2D eigenvalue weighted by molar-refractivity contribution is -0.384. The van der Waals surface area contributed by atoms with Gasteiger partial charge in [0, 0.05) is 69.1 Å². The minimum atomic E-state index is -3.77. The van der Waals surface area contributed by atoms with Gasteiger partial charge in [0.25, 0.3) is 5.69 Å². The molecule has 0 unspecified atom stereocenters. The number of benzene rings is 2. The third-order valence-electron chi connectivity index (χ3n) is 6.04. The fourth-order valence-electron chi connectivity index (χ4n) is 4.13. The summed E-state index contributed by atoms with van der Waals surface area (Å²) in [5.74, 6) is 0. The van der Waals surface area contributed by atoms with Crippen LogP contribution in [0.2, 0.25) is 5.02 Å². The van der Waals surface area contributed by atoms with E-state index in [2.05, 4.69) is 9.80 Å². The van der Waals surface area contributed by atoms with Gasteiger partial charge in [0.05, 0.1) is 9.82 Å². The first-order valence-electron chi connectivity index (χ1n) is 10.5. The Hall–Kier alpha value is -2.40. The highest BCUT2D eigenvalue weighted by Gasteiger charge is 2.31.